The SMILES string of the molecule is CC(=O)c1ccc(-c2ccc(C(F)(F)F)cc2-c2ncc3ccccn23)cc1. The van der Waals surface area contributed by atoms with Crippen molar-refractivity contribution >= 4 is 11.3 Å². The smallest absolute Gasteiger partial charge is 0.300 e. The highest BCUT2D eigenvalue weighted by molar-refractivity contribution is 5.95. The molecule has 0 radical (unpaired) electrons. The molecule has 0 fully saturated rings. The van der Waals surface area contributed by atoms with E-state index in [4.69, 9.17) is 0 Å². The van der Waals surface area contributed by atoms with E-state index in [0.717, 1.165) is 17.6 Å². The van der Waals surface area contributed by atoms with Gasteiger partial charge in [-0.05, 0) is 42.3 Å². The second-order valence-electron chi connectivity index (χ2n) is 6.47. The molecule has 0 saturated heterocycles. The molecule has 0 aliphatic rings. The Morgan fingerprint density at radius 2 is 1.71 bits per heavy atom. The fourth-order valence-electron chi connectivity index (χ4n) is 3.18. The quantitative estimate of drug-likeness (QED) is 0.415. The summed E-state index contributed by atoms with van der Waals surface area (Å²) in [6.07, 6.45) is -1.07. The van der Waals surface area contributed by atoms with Crippen molar-refractivity contribution in [3.63, 3.8) is 0 Å². The van der Waals surface area contributed by atoms with E-state index in [-0.39, 0.29) is 5.78 Å². The molecule has 2 heterocycles. The Balaban J connectivity index is 1.95. The minimum atomic E-state index is -4.46. The second-order valence-corrected chi connectivity index (χ2v) is 6.47. The molecule has 0 unspecified atom stereocenters. The molecule has 0 aliphatic heterocycles. The average molecular weight is 380 g/mol. The van der Waals surface area contributed by atoms with Gasteiger partial charge in [0.2, 0.25) is 0 Å². The zero-order chi connectivity index (χ0) is 19.9. The van der Waals surface area contributed by atoms with Crippen LogP contribution in [0.1, 0.15) is 22.8 Å². The molecule has 2 aromatic heterocycles. The maximum absolute atomic E-state index is 13.3. The molecule has 6 heteroatoms. The first kappa shape index (κ1) is 18.0. The predicted octanol–water partition coefficient (Wildman–Crippen LogP) is 5.89. The van der Waals surface area contributed by atoms with Crippen LogP contribution in [0, 0.1) is 0 Å². The van der Waals surface area contributed by atoms with Crippen LogP contribution in [0.4, 0.5) is 13.2 Å². The third kappa shape index (κ3) is 3.17. The minimum Gasteiger partial charge on any atom is -0.300 e. The third-order valence-corrected chi connectivity index (χ3v) is 4.63. The summed E-state index contributed by atoms with van der Waals surface area (Å²) in [7, 11) is 0. The summed E-state index contributed by atoms with van der Waals surface area (Å²) in [5.41, 5.74) is 2.29. The van der Waals surface area contributed by atoms with Gasteiger partial charge in [-0.1, -0.05) is 36.4 Å². The van der Waals surface area contributed by atoms with E-state index in [2.05, 4.69) is 4.98 Å². The van der Waals surface area contributed by atoms with Crippen LogP contribution in [0.5, 0.6) is 0 Å². The molecule has 0 bridgehead atoms. The van der Waals surface area contributed by atoms with E-state index in [1.165, 1.54) is 13.0 Å². The number of hydrogen-bond donors (Lipinski definition) is 0. The summed E-state index contributed by atoms with van der Waals surface area (Å²) >= 11 is 0. The number of imidazole rings is 1. The fourth-order valence-corrected chi connectivity index (χ4v) is 3.18. The van der Waals surface area contributed by atoms with Crippen molar-refractivity contribution in [2.24, 2.45) is 0 Å². The van der Waals surface area contributed by atoms with Gasteiger partial charge in [0.25, 0.3) is 0 Å². The largest absolute Gasteiger partial charge is 0.416 e. The number of benzene rings is 2. The summed E-state index contributed by atoms with van der Waals surface area (Å²) in [5.74, 6) is 0.353. The first-order valence-corrected chi connectivity index (χ1v) is 8.60. The lowest BCUT2D eigenvalue weighted by molar-refractivity contribution is -0.137. The number of pyridine rings is 1. The molecular formula is C22H15F3N2O. The summed E-state index contributed by atoms with van der Waals surface area (Å²) in [6.45, 7) is 1.47. The van der Waals surface area contributed by atoms with Crippen molar-refractivity contribution in [1.29, 1.82) is 0 Å². The standard InChI is InChI=1S/C22H15F3N2O/c1-14(28)15-5-7-16(8-6-15)19-10-9-17(22(23,24)25)12-20(19)21-26-13-18-4-2-3-11-27(18)21/h2-13H,1H3. The Bertz CT molecular complexity index is 1170. The lowest BCUT2D eigenvalue weighted by Crippen LogP contribution is -2.06. The van der Waals surface area contributed by atoms with E-state index in [1.54, 1.807) is 47.1 Å². The first-order valence-electron chi connectivity index (χ1n) is 8.60. The van der Waals surface area contributed by atoms with Gasteiger partial charge in [0.1, 0.15) is 5.82 Å². The van der Waals surface area contributed by atoms with E-state index in [0.29, 0.717) is 28.1 Å². The lowest BCUT2D eigenvalue weighted by Gasteiger charge is -2.14. The lowest BCUT2D eigenvalue weighted by atomic mass is 9.95. The number of carbonyl (C=O) groups excluding carboxylic acids is 1. The fraction of sp³-hybridized carbons (Fsp3) is 0.0909. The molecule has 3 nitrogen and oxygen atoms in total. The van der Waals surface area contributed by atoms with Crippen molar-refractivity contribution in [1.82, 2.24) is 9.38 Å². The number of halogens is 3. The molecule has 2 aromatic carbocycles. The Hall–Kier alpha value is -3.41. The number of aromatic nitrogens is 2. The highest BCUT2D eigenvalue weighted by Crippen LogP contribution is 2.37. The van der Waals surface area contributed by atoms with Crippen LogP contribution < -0.4 is 0 Å². The third-order valence-electron chi connectivity index (χ3n) is 4.63. The maximum Gasteiger partial charge on any atom is 0.416 e. The number of rotatable bonds is 3. The van der Waals surface area contributed by atoms with Crippen LogP contribution in [-0.4, -0.2) is 15.2 Å². The van der Waals surface area contributed by atoms with Gasteiger partial charge in [0.15, 0.2) is 5.78 Å². The predicted molar refractivity (Wildman–Crippen MR) is 101 cm³/mol. The van der Waals surface area contributed by atoms with Gasteiger partial charge in [0, 0.05) is 17.3 Å². The van der Waals surface area contributed by atoms with Crippen LogP contribution in [0.25, 0.3) is 28.0 Å². The van der Waals surface area contributed by atoms with Crippen LogP contribution in [-0.2, 0) is 6.18 Å². The van der Waals surface area contributed by atoms with E-state index >= 15 is 0 Å². The maximum atomic E-state index is 13.3. The minimum absolute atomic E-state index is 0.0709. The number of nitrogens with zero attached hydrogens (tertiary/aromatic N) is 2. The van der Waals surface area contributed by atoms with Crippen molar-refractivity contribution in [3.8, 4) is 22.5 Å². The van der Waals surface area contributed by atoms with Gasteiger partial charge in [0.05, 0.1) is 17.3 Å². The van der Waals surface area contributed by atoms with Crippen molar-refractivity contribution in [3.05, 3.63) is 84.2 Å². The molecule has 0 atom stereocenters. The number of Topliss-reactive ketones (excluding diaryl/α,β-unsaturated/α-hetero) is 1. The molecule has 4 aromatic rings. The highest BCUT2D eigenvalue weighted by atomic mass is 19.4. The Morgan fingerprint density at radius 3 is 2.39 bits per heavy atom. The molecule has 4 rings (SSSR count). The second kappa shape index (κ2) is 6.64. The van der Waals surface area contributed by atoms with Crippen LogP contribution >= 0.6 is 0 Å². The van der Waals surface area contributed by atoms with Gasteiger partial charge in [-0.25, -0.2) is 4.98 Å². The molecule has 0 N–H and O–H groups in total. The number of hydrogen-bond acceptors (Lipinski definition) is 2. The Morgan fingerprint density at radius 1 is 0.964 bits per heavy atom. The Labute approximate surface area is 159 Å². The molecule has 28 heavy (non-hydrogen) atoms. The molecule has 0 spiro atoms. The topological polar surface area (TPSA) is 34.4 Å². The van der Waals surface area contributed by atoms with Gasteiger partial charge in [-0.2, -0.15) is 13.2 Å². The van der Waals surface area contributed by atoms with Crippen LogP contribution in [0.15, 0.2) is 73.1 Å². The highest BCUT2D eigenvalue weighted by Gasteiger charge is 2.31. The Kier molecular flexibility index (Phi) is 4.26. The first-order chi connectivity index (χ1) is 13.3. The molecular weight excluding hydrogens is 365 g/mol. The van der Waals surface area contributed by atoms with E-state index in [1.807, 2.05) is 12.1 Å². The zero-order valence-corrected chi connectivity index (χ0v) is 14.9. The summed E-state index contributed by atoms with van der Waals surface area (Å²) in [6, 6.07) is 15.9. The van der Waals surface area contributed by atoms with Crippen molar-refractivity contribution < 1.29 is 18.0 Å². The summed E-state index contributed by atoms with van der Waals surface area (Å²) in [5, 5.41) is 0. The molecule has 0 aliphatic carbocycles. The number of alkyl halides is 3. The van der Waals surface area contributed by atoms with E-state index < -0.39 is 11.7 Å². The monoisotopic (exact) mass is 380 g/mol. The molecule has 140 valence electrons. The van der Waals surface area contributed by atoms with Crippen molar-refractivity contribution in [2.45, 2.75) is 13.1 Å². The number of carbonyl (C=O) groups is 1. The van der Waals surface area contributed by atoms with Gasteiger partial charge >= 0.3 is 6.18 Å². The van der Waals surface area contributed by atoms with Crippen LogP contribution in [0.3, 0.4) is 0 Å². The van der Waals surface area contributed by atoms with Crippen molar-refractivity contribution in [2.75, 3.05) is 0 Å². The average Bonchev–Trinajstić information content (AvgIpc) is 3.11. The van der Waals surface area contributed by atoms with Gasteiger partial charge in [-0.15, -0.1) is 0 Å². The van der Waals surface area contributed by atoms with Crippen LogP contribution in [0.2, 0.25) is 0 Å². The number of ketones is 1. The van der Waals surface area contributed by atoms with Gasteiger partial charge in [-0.3, -0.25) is 9.20 Å². The molecule has 0 amide bonds. The van der Waals surface area contributed by atoms with Gasteiger partial charge < -0.3 is 0 Å². The summed E-state index contributed by atoms with van der Waals surface area (Å²) < 4.78 is 41.8. The van der Waals surface area contributed by atoms with E-state index in [9.17, 15) is 18.0 Å². The normalized spacial score (nSPS) is 11.7. The summed E-state index contributed by atoms with van der Waals surface area (Å²) in [4.78, 5) is 15.9. The zero-order valence-electron chi connectivity index (χ0n) is 14.9. The molecule has 0 saturated carbocycles. The number of fused-ring (bicyclic) bond motifs is 1.